The Morgan fingerprint density at radius 2 is 1.67 bits per heavy atom. The largest absolute Gasteiger partial charge is 0.393 e. The summed E-state index contributed by atoms with van der Waals surface area (Å²) in [5.41, 5.74) is 0.919. The van der Waals surface area contributed by atoms with E-state index < -0.39 is 0 Å². The van der Waals surface area contributed by atoms with Gasteiger partial charge in [0.25, 0.3) is 0 Å². The smallest absolute Gasteiger partial charge is 0.122 e. The normalized spacial score (nSPS) is 62.5. The number of rotatable bonds is 0. The van der Waals surface area contributed by atoms with Crippen LogP contribution in [0, 0.1) is 52.3 Å². The molecule has 6 unspecified atom stereocenters. The third-order valence-electron chi connectivity index (χ3n) is 12.1. The van der Waals surface area contributed by atoms with Crippen LogP contribution in [0.3, 0.4) is 0 Å². The Labute approximate surface area is 184 Å². The average Bonchev–Trinajstić information content (AvgIpc) is 3.16. The Kier molecular flexibility index (Phi) is 4.58. The second-order valence-electron chi connectivity index (χ2n) is 13.3. The lowest BCUT2D eigenvalue weighted by atomic mass is 9.44. The van der Waals surface area contributed by atoms with E-state index in [1.54, 1.807) is 0 Å². The fourth-order valence-electron chi connectivity index (χ4n) is 10.4. The van der Waals surface area contributed by atoms with Crippen LogP contribution in [-0.2, 0) is 4.74 Å². The quantitative estimate of drug-likeness (QED) is 0.559. The molecule has 6 aliphatic rings. The number of hydrogen-bond acceptors (Lipinski definition) is 3. The van der Waals surface area contributed by atoms with Crippen LogP contribution in [0.2, 0.25) is 0 Å². The summed E-state index contributed by atoms with van der Waals surface area (Å²) in [5.74, 6) is 5.57. The molecule has 6 fully saturated rings. The molecule has 0 aromatic heterocycles. The van der Waals surface area contributed by atoms with Crippen LogP contribution in [0.4, 0.5) is 0 Å². The van der Waals surface area contributed by atoms with Crippen molar-refractivity contribution in [2.24, 2.45) is 52.3 Å². The van der Waals surface area contributed by atoms with Gasteiger partial charge in [0.1, 0.15) is 5.72 Å². The number of fused-ring (bicyclic) bond motifs is 7. The van der Waals surface area contributed by atoms with Crippen LogP contribution in [-0.4, -0.2) is 29.6 Å². The van der Waals surface area contributed by atoms with Crippen molar-refractivity contribution in [2.75, 3.05) is 6.54 Å². The van der Waals surface area contributed by atoms with E-state index in [1.165, 1.54) is 51.4 Å². The van der Waals surface area contributed by atoms with Gasteiger partial charge in [0.15, 0.2) is 0 Å². The van der Waals surface area contributed by atoms with Crippen molar-refractivity contribution in [3.05, 3.63) is 0 Å². The van der Waals surface area contributed by atoms with Gasteiger partial charge in [-0.2, -0.15) is 0 Å². The first kappa shape index (κ1) is 20.5. The molecule has 3 nitrogen and oxygen atoms in total. The highest BCUT2D eigenvalue weighted by Gasteiger charge is 2.68. The fraction of sp³-hybridized carbons (Fsp3) is 1.00. The molecule has 2 aliphatic heterocycles. The first-order valence-electron chi connectivity index (χ1n) is 13.4. The maximum Gasteiger partial charge on any atom is 0.122 e. The van der Waals surface area contributed by atoms with E-state index in [1.807, 2.05) is 0 Å². The van der Waals surface area contributed by atoms with Gasteiger partial charge >= 0.3 is 0 Å². The van der Waals surface area contributed by atoms with Crippen LogP contribution >= 0.6 is 0 Å². The van der Waals surface area contributed by atoms with E-state index in [2.05, 4.69) is 33.0 Å². The van der Waals surface area contributed by atoms with Crippen LogP contribution < -0.4 is 5.32 Å². The number of ether oxygens (including phenoxy) is 1. The zero-order valence-corrected chi connectivity index (χ0v) is 19.8. The minimum atomic E-state index is -0.0320. The highest BCUT2D eigenvalue weighted by atomic mass is 16.5. The van der Waals surface area contributed by atoms with Gasteiger partial charge in [-0.25, -0.2) is 0 Å². The molecule has 170 valence electrons. The zero-order valence-electron chi connectivity index (χ0n) is 19.8. The molecule has 2 N–H and O–H groups in total. The first-order valence-corrected chi connectivity index (χ1v) is 13.4. The summed E-state index contributed by atoms with van der Waals surface area (Å²) in [4.78, 5) is 0. The van der Waals surface area contributed by atoms with Gasteiger partial charge in [-0.3, -0.25) is 5.32 Å². The molecule has 4 saturated carbocycles. The molecule has 0 radical (unpaired) electrons. The highest BCUT2D eigenvalue weighted by Crippen LogP contribution is 2.71. The van der Waals surface area contributed by atoms with Gasteiger partial charge in [0, 0.05) is 12.5 Å². The van der Waals surface area contributed by atoms with E-state index in [4.69, 9.17) is 4.74 Å². The fourth-order valence-corrected chi connectivity index (χ4v) is 10.4. The molecule has 4 aliphatic carbocycles. The number of aliphatic hydroxyl groups is 1. The summed E-state index contributed by atoms with van der Waals surface area (Å²) in [6.07, 6.45) is 13.2. The highest BCUT2D eigenvalue weighted by molar-refractivity contribution is 5.16. The minimum absolute atomic E-state index is 0.0319. The van der Waals surface area contributed by atoms with Crippen LogP contribution in [0.1, 0.15) is 91.9 Å². The van der Waals surface area contributed by atoms with E-state index >= 15 is 0 Å². The average molecular weight is 416 g/mol. The lowest BCUT2D eigenvalue weighted by Gasteiger charge is -2.61. The van der Waals surface area contributed by atoms with Crippen LogP contribution in [0.5, 0.6) is 0 Å². The zero-order chi connectivity index (χ0) is 20.9. The molecule has 12 atom stereocenters. The third kappa shape index (κ3) is 2.61. The van der Waals surface area contributed by atoms with Gasteiger partial charge in [-0.1, -0.05) is 27.7 Å². The van der Waals surface area contributed by atoms with Gasteiger partial charge in [-0.15, -0.1) is 0 Å². The maximum absolute atomic E-state index is 10.3. The Morgan fingerprint density at radius 3 is 2.43 bits per heavy atom. The molecule has 0 aromatic carbocycles. The Bertz CT molecular complexity index is 686. The molecule has 1 spiro atoms. The molecule has 6 rings (SSSR count). The van der Waals surface area contributed by atoms with Gasteiger partial charge in [0.05, 0.1) is 12.2 Å². The molecule has 2 heterocycles. The molecule has 3 heteroatoms. The predicted molar refractivity (Wildman–Crippen MR) is 120 cm³/mol. The second-order valence-corrected chi connectivity index (χ2v) is 13.3. The summed E-state index contributed by atoms with van der Waals surface area (Å²) < 4.78 is 7.01. The summed E-state index contributed by atoms with van der Waals surface area (Å²) in [5, 5.41) is 14.2. The molecule has 2 saturated heterocycles. The van der Waals surface area contributed by atoms with Crippen molar-refractivity contribution >= 4 is 0 Å². The predicted octanol–water partition coefficient (Wildman–Crippen LogP) is 5.37. The van der Waals surface area contributed by atoms with Crippen molar-refractivity contribution in [3.63, 3.8) is 0 Å². The number of aliphatic hydroxyl groups excluding tert-OH is 1. The standard InChI is InChI=1S/C27H45NO2/c1-16-7-12-27(28-15-16)17(2)24-23(30-27)14-22-20-6-5-18-13-19(29)8-10-25(18,3)21(20)9-11-26(22,24)4/h16-24,28-29H,5-15H2,1-4H3/t16-,17?,18?,19-,20+,21?,22?,23?,24?,25-,26-,27-/m0/s1. The molecular formula is C27H45NO2. The second kappa shape index (κ2) is 6.70. The van der Waals surface area contributed by atoms with Crippen molar-refractivity contribution in [1.29, 1.82) is 0 Å². The van der Waals surface area contributed by atoms with Gasteiger partial charge in [-0.05, 0) is 111 Å². The lowest BCUT2D eigenvalue weighted by molar-refractivity contribution is -0.140. The van der Waals surface area contributed by atoms with Crippen LogP contribution in [0.25, 0.3) is 0 Å². The van der Waals surface area contributed by atoms with E-state index in [-0.39, 0.29) is 11.8 Å². The van der Waals surface area contributed by atoms with Gasteiger partial charge in [0.2, 0.25) is 0 Å². The Morgan fingerprint density at radius 1 is 0.867 bits per heavy atom. The van der Waals surface area contributed by atoms with E-state index in [0.717, 1.165) is 54.9 Å². The molecule has 0 amide bonds. The lowest BCUT2D eigenvalue weighted by Crippen LogP contribution is -2.57. The topological polar surface area (TPSA) is 41.5 Å². The third-order valence-corrected chi connectivity index (χ3v) is 12.1. The van der Waals surface area contributed by atoms with Crippen molar-refractivity contribution in [1.82, 2.24) is 5.32 Å². The molecule has 30 heavy (non-hydrogen) atoms. The van der Waals surface area contributed by atoms with Crippen molar-refractivity contribution in [2.45, 2.75) is 110 Å². The summed E-state index contributed by atoms with van der Waals surface area (Å²) in [6.45, 7) is 11.3. The number of hydrogen-bond donors (Lipinski definition) is 2. The summed E-state index contributed by atoms with van der Waals surface area (Å²) in [6, 6.07) is 0. The monoisotopic (exact) mass is 415 g/mol. The summed E-state index contributed by atoms with van der Waals surface area (Å²) in [7, 11) is 0. The minimum Gasteiger partial charge on any atom is -0.393 e. The Balaban J connectivity index is 1.26. The van der Waals surface area contributed by atoms with Gasteiger partial charge < -0.3 is 9.84 Å². The van der Waals surface area contributed by atoms with Crippen molar-refractivity contribution in [3.8, 4) is 0 Å². The summed E-state index contributed by atoms with van der Waals surface area (Å²) >= 11 is 0. The Hall–Kier alpha value is -0.120. The first-order chi connectivity index (χ1) is 14.3. The van der Waals surface area contributed by atoms with E-state index in [0.29, 0.717) is 22.9 Å². The van der Waals surface area contributed by atoms with Crippen LogP contribution in [0.15, 0.2) is 0 Å². The molecular weight excluding hydrogens is 370 g/mol. The SMILES string of the molecule is CC1C2C(CC3[C@@H]4CCC5C[C@@H](O)CC[C@]5(C)C4CC[C@]23C)O[C@@]12CC[C@H](C)CN2. The molecule has 0 aromatic rings. The molecule has 0 bridgehead atoms. The number of piperidine rings is 1. The van der Waals surface area contributed by atoms with E-state index in [9.17, 15) is 5.11 Å². The number of nitrogens with one attached hydrogen (secondary N) is 1. The van der Waals surface area contributed by atoms with Crippen molar-refractivity contribution < 1.29 is 9.84 Å². The maximum atomic E-state index is 10.3.